The zero-order chi connectivity index (χ0) is 15.4. The topological polar surface area (TPSA) is 29.1 Å². The predicted octanol–water partition coefficient (Wildman–Crippen LogP) is 4.52. The Morgan fingerprint density at radius 3 is 2.77 bits per heavy atom. The Bertz CT molecular complexity index is 654. The summed E-state index contributed by atoms with van der Waals surface area (Å²) in [4.78, 5) is 13.8. The molecule has 1 N–H and O–H groups in total. The summed E-state index contributed by atoms with van der Waals surface area (Å²) in [5.74, 6) is 2.05. The van der Waals surface area contributed by atoms with Gasteiger partial charge < -0.3 is 5.32 Å². The number of amides is 1. The fraction of sp³-hybridized carbons (Fsp3) is 0.278. The predicted molar refractivity (Wildman–Crippen MR) is 95.7 cm³/mol. The first kappa shape index (κ1) is 15.5. The van der Waals surface area contributed by atoms with Crippen LogP contribution in [0.3, 0.4) is 0 Å². The molecule has 3 rings (SSSR count). The molecule has 1 aliphatic rings. The fourth-order valence-corrected chi connectivity index (χ4v) is 4.30. The highest BCUT2D eigenvalue weighted by atomic mass is 32.2. The highest BCUT2D eigenvalue weighted by Crippen LogP contribution is 2.35. The van der Waals surface area contributed by atoms with E-state index in [1.54, 1.807) is 11.8 Å². The van der Waals surface area contributed by atoms with Gasteiger partial charge in [-0.3, -0.25) is 4.79 Å². The lowest BCUT2D eigenvalue weighted by molar-refractivity contribution is 0.0935. The molecule has 22 heavy (non-hydrogen) atoms. The molecule has 0 aromatic heterocycles. The maximum atomic E-state index is 12.5. The first-order valence-corrected chi connectivity index (χ1v) is 9.76. The monoisotopic (exact) mass is 329 g/mol. The lowest BCUT2D eigenvalue weighted by atomic mass is 10.0. The molecule has 1 aliphatic heterocycles. The summed E-state index contributed by atoms with van der Waals surface area (Å²) < 4.78 is 0. The largest absolute Gasteiger partial charge is 0.345 e. The number of nitrogens with one attached hydrogen (secondary N) is 1. The van der Waals surface area contributed by atoms with Gasteiger partial charge in [0.2, 0.25) is 0 Å². The molecule has 1 atom stereocenters. The molecule has 0 fully saturated rings. The Hall–Kier alpha value is -1.39. The maximum absolute atomic E-state index is 12.5. The Balaban J connectivity index is 1.72. The van der Waals surface area contributed by atoms with Crippen molar-refractivity contribution in [3.8, 4) is 0 Å². The van der Waals surface area contributed by atoms with Crippen molar-refractivity contribution in [2.45, 2.75) is 23.1 Å². The van der Waals surface area contributed by atoms with Crippen LogP contribution in [0.15, 0.2) is 53.4 Å². The van der Waals surface area contributed by atoms with Gasteiger partial charge in [-0.05, 0) is 42.0 Å². The SMILES string of the molecule is CSCc1ccc(C(=O)NC2CCSc3ccccc32)cc1. The van der Waals surface area contributed by atoms with E-state index in [1.807, 2.05) is 42.1 Å². The number of benzene rings is 2. The van der Waals surface area contributed by atoms with Gasteiger partial charge in [0.1, 0.15) is 0 Å². The molecule has 0 saturated heterocycles. The van der Waals surface area contributed by atoms with Crippen LogP contribution in [0.5, 0.6) is 0 Å². The molecule has 0 radical (unpaired) electrons. The van der Waals surface area contributed by atoms with Crippen LogP contribution in [-0.4, -0.2) is 17.9 Å². The third-order valence-corrected chi connectivity index (χ3v) is 5.54. The smallest absolute Gasteiger partial charge is 0.251 e. The number of fused-ring (bicyclic) bond motifs is 1. The van der Waals surface area contributed by atoms with E-state index in [4.69, 9.17) is 0 Å². The number of rotatable bonds is 4. The van der Waals surface area contributed by atoms with Crippen molar-refractivity contribution < 1.29 is 4.79 Å². The van der Waals surface area contributed by atoms with Crippen LogP contribution in [0, 0.1) is 0 Å². The number of hydrogen-bond acceptors (Lipinski definition) is 3. The van der Waals surface area contributed by atoms with Crippen molar-refractivity contribution in [3.05, 3.63) is 65.2 Å². The second-order valence-corrected chi connectivity index (χ2v) is 7.33. The molecule has 0 spiro atoms. The zero-order valence-corrected chi connectivity index (χ0v) is 14.2. The minimum absolute atomic E-state index is 0.0161. The Morgan fingerprint density at radius 1 is 1.23 bits per heavy atom. The van der Waals surface area contributed by atoms with Gasteiger partial charge in [0, 0.05) is 22.0 Å². The van der Waals surface area contributed by atoms with Gasteiger partial charge in [0.15, 0.2) is 0 Å². The van der Waals surface area contributed by atoms with Crippen LogP contribution < -0.4 is 5.32 Å². The van der Waals surface area contributed by atoms with Crippen LogP contribution >= 0.6 is 23.5 Å². The Kier molecular flexibility index (Phi) is 5.11. The lowest BCUT2D eigenvalue weighted by Gasteiger charge is -2.25. The summed E-state index contributed by atoms with van der Waals surface area (Å²) >= 11 is 3.66. The molecule has 1 amide bonds. The van der Waals surface area contributed by atoms with Crippen molar-refractivity contribution in [2.75, 3.05) is 12.0 Å². The van der Waals surface area contributed by atoms with Crippen LogP contribution in [-0.2, 0) is 5.75 Å². The standard InChI is InChI=1S/C18H19NOS2/c1-21-12-13-6-8-14(9-7-13)18(20)19-16-10-11-22-17-5-3-2-4-15(16)17/h2-9,16H,10-12H2,1H3,(H,19,20). The third-order valence-electron chi connectivity index (χ3n) is 3.79. The molecule has 2 nitrogen and oxygen atoms in total. The molecule has 0 bridgehead atoms. The Labute approximate surface area is 140 Å². The van der Waals surface area contributed by atoms with E-state index in [9.17, 15) is 4.79 Å². The van der Waals surface area contributed by atoms with E-state index < -0.39 is 0 Å². The second-order valence-electron chi connectivity index (χ2n) is 5.33. The molecule has 0 saturated carbocycles. The Morgan fingerprint density at radius 2 is 2.00 bits per heavy atom. The van der Waals surface area contributed by atoms with Gasteiger partial charge in [-0.1, -0.05) is 30.3 Å². The van der Waals surface area contributed by atoms with Crippen molar-refractivity contribution in [1.29, 1.82) is 0 Å². The van der Waals surface area contributed by atoms with E-state index in [2.05, 4.69) is 29.8 Å². The van der Waals surface area contributed by atoms with Crippen molar-refractivity contribution in [3.63, 3.8) is 0 Å². The van der Waals surface area contributed by atoms with Gasteiger partial charge in [0.05, 0.1) is 6.04 Å². The second kappa shape index (κ2) is 7.25. The molecular formula is C18H19NOS2. The summed E-state index contributed by atoms with van der Waals surface area (Å²) in [5.41, 5.74) is 3.23. The van der Waals surface area contributed by atoms with E-state index in [-0.39, 0.29) is 11.9 Å². The minimum Gasteiger partial charge on any atom is -0.345 e. The minimum atomic E-state index is 0.0161. The van der Waals surface area contributed by atoms with Crippen molar-refractivity contribution >= 4 is 29.4 Å². The molecule has 2 aromatic rings. The molecule has 4 heteroatoms. The average molecular weight is 329 g/mol. The summed E-state index contributed by atoms with van der Waals surface area (Å²) in [7, 11) is 0. The van der Waals surface area contributed by atoms with E-state index in [1.165, 1.54) is 16.0 Å². The fourth-order valence-electron chi connectivity index (χ4n) is 2.65. The first-order chi connectivity index (χ1) is 10.8. The van der Waals surface area contributed by atoms with Crippen LogP contribution in [0.4, 0.5) is 0 Å². The van der Waals surface area contributed by atoms with Gasteiger partial charge in [-0.15, -0.1) is 11.8 Å². The lowest BCUT2D eigenvalue weighted by Crippen LogP contribution is -2.30. The third kappa shape index (κ3) is 3.50. The van der Waals surface area contributed by atoms with E-state index >= 15 is 0 Å². The van der Waals surface area contributed by atoms with E-state index in [0.29, 0.717) is 0 Å². The number of carbonyl (C=O) groups excluding carboxylic acids is 1. The van der Waals surface area contributed by atoms with E-state index in [0.717, 1.165) is 23.5 Å². The summed E-state index contributed by atoms with van der Waals surface area (Å²) in [6.07, 6.45) is 3.07. The zero-order valence-electron chi connectivity index (χ0n) is 12.5. The summed E-state index contributed by atoms with van der Waals surface area (Å²) in [6, 6.07) is 16.4. The van der Waals surface area contributed by atoms with Gasteiger partial charge in [-0.25, -0.2) is 0 Å². The number of hydrogen-bond donors (Lipinski definition) is 1. The maximum Gasteiger partial charge on any atom is 0.251 e. The average Bonchev–Trinajstić information content (AvgIpc) is 2.56. The highest BCUT2D eigenvalue weighted by Gasteiger charge is 2.22. The highest BCUT2D eigenvalue weighted by molar-refractivity contribution is 7.99. The van der Waals surface area contributed by atoms with Crippen molar-refractivity contribution in [1.82, 2.24) is 5.32 Å². The molecule has 0 aliphatic carbocycles. The van der Waals surface area contributed by atoms with Crippen LogP contribution in [0.25, 0.3) is 0 Å². The summed E-state index contributed by atoms with van der Waals surface area (Å²) in [5, 5.41) is 3.19. The normalized spacial score (nSPS) is 16.9. The van der Waals surface area contributed by atoms with Crippen LogP contribution in [0.1, 0.15) is 33.9 Å². The molecule has 114 valence electrons. The first-order valence-electron chi connectivity index (χ1n) is 7.38. The van der Waals surface area contributed by atoms with Gasteiger partial charge in [-0.2, -0.15) is 11.8 Å². The van der Waals surface area contributed by atoms with Crippen LogP contribution in [0.2, 0.25) is 0 Å². The molecule has 1 unspecified atom stereocenters. The number of thioether (sulfide) groups is 2. The van der Waals surface area contributed by atoms with Crippen molar-refractivity contribution in [2.24, 2.45) is 0 Å². The number of carbonyl (C=O) groups is 1. The quantitative estimate of drug-likeness (QED) is 0.894. The molecule has 2 aromatic carbocycles. The molecular weight excluding hydrogens is 310 g/mol. The van der Waals surface area contributed by atoms with Gasteiger partial charge in [0.25, 0.3) is 5.91 Å². The molecule has 1 heterocycles. The summed E-state index contributed by atoms with van der Waals surface area (Å²) in [6.45, 7) is 0. The van der Waals surface area contributed by atoms with Gasteiger partial charge >= 0.3 is 0 Å².